The molecule has 1 saturated heterocycles. The Morgan fingerprint density at radius 3 is 2.70 bits per heavy atom. The minimum absolute atomic E-state index is 0.0340. The maximum Gasteiger partial charge on any atom is 0.373 e. The molecule has 9 nitrogen and oxygen atoms in total. The van der Waals surface area contributed by atoms with E-state index in [1.54, 1.807) is 24.3 Å². The van der Waals surface area contributed by atoms with E-state index in [0.29, 0.717) is 33.7 Å². The molecule has 37 heavy (non-hydrogen) atoms. The molecular weight excluding hydrogens is 551 g/mol. The van der Waals surface area contributed by atoms with Crippen LogP contribution in [0.5, 0.6) is 11.5 Å². The predicted molar refractivity (Wildman–Crippen MR) is 133 cm³/mol. The highest BCUT2D eigenvalue weighted by molar-refractivity contribution is 9.10. The van der Waals surface area contributed by atoms with E-state index in [2.05, 4.69) is 26.0 Å². The molecule has 2 heterocycles. The second kappa shape index (κ2) is 11.3. The number of hydrogen-bond donors (Lipinski definition) is 1. The van der Waals surface area contributed by atoms with Gasteiger partial charge in [0.15, 0.2) is 11.5 Å². The van der Waals surface area contributed by atoms with Crippen LogP contribution in [0.15, 0.2) is 63.1 Å². The highest BCUT2D eigenvalue weighted by Crippen LogP contribution is 2.38. The van der Waals surface area contributed by atoms with Crippen molar-refractivity contribution < 1.29 is 37.4 Å². The molecule has 3 aromatic rings. The van der Waals surface area contributed by atoms with Gasteiger partial charge in [-0.3, -0.25) is 9.69 Å². The number of furan rings is 1. The summed E-state index contributed by atoms with van der Waals surface area (Å²) in [7, 11) is 1.22. The molecule has 192 valence electrons. The molecule has 1 fully saturated rings. The van der Waals surface area contributed by atoms with E-state index in [1.807, 2.05) is 6.92 Å². The molecule has 11 heteroatoms. The third-order valence-corrected chi connectivity index (χ3v) is 5.83. The summed E-state index contributed by atoms with van der Waals surface area (Å²) < 4.78 is 35.6. The molecule has 1 aliphatic rings. The summed E-state index contributed by atoms with van der Waals surface area (Å²) >= 11 is 3.47. The average molecular weight is 573 g/mol. The summed E-state index contributed by atoms with van der Waals surface area (Å²) in [6.07, 6.45) is 1.51. The Balaban J connectivity index is 1.53. The zero-order chi connectivity index (χ0) is 26.5. The van der Waals surface area contributed by atoms with Crippen LogP contribution < -0.4 is 14.8 Å². The molecule has 0 atom stereocenters. The summed E-state index contributed by atoms with van der Waals surface area (Å²) in [5.41, 5.74) is 1.26. The first kappa shape index (κ1) is 26.0. The van der Waals surface area contributed by atoms with Crippen molar-refractivity contribution in [2.45, 2.75) is 20.1 Å². The Morgan fingerprint density at radius 1 is 1.16 bits per heavy atom. The normalized spacial score (nSPS) is 14.2. The first-order valence-electron chi connectivity index (χ1n) is 11.1. The molecule has 0 radical (unpaired) electrons. The SMILES string of the molecule is CCOc1cc(/C=C2\NC(=O)N(Cc3ccc(C(=O)OC)o3)C2=O)cc(Br)c1OCc1cccc(F)c1. The van der Waals surface area contributed by atoms with Crippen LogP contribution >= 0.6 is 15.9 Å². The van der Waals surface area contributed by atoms with Crippen molar-refractivity contribution in [1.29, 1.82) is 0 Å². The van der Waals surface area contributed by atoms with E-state index in [9.17, 15) is 18.8 Å². The van der Waals surface area contributed by atoms with Gasteiger partial charge in [0.25, 0.3) is 5.91 Å². The predicted octanol–water partition coefficient (Wildman–Crippen LogP) is 5.04. The number of methoxy groups -OCH3 is 1. The molecular formula is C26H22BrFN2O7. The molecule has 4 rings (SSSR count). The number of ether oxygens (including phenoxy) is 3. The molecule has 3 amide bonds. The number of carbonyl (C=O) groups excluding carboxylic acids is 3. The zero-order valence-electron chi connectivity index (χ0n) is 19.9. The number of esters is 1. The van der Waals surface area contributed by atoms with Crippen LogP contribution in [0.2, 0.25) is 0 Å². The van der Waals surface area contributed by atoms with Crippen molar-refractivity contribution >= 4 is 39.9 Å². The molecule has 1 N–H and O–H groups in total. The number of amides is 3. The van der Waals surface area contributed by atoms with Gasteiger partial charge in [0.05, 0.1) is 24.7 Å². The standard InChI is InChI=1S/C26H22BrFN2O7/c1-3-35-22-12-16(10-19(27)23(22)36-14-15-5-4-6-17(28)9-15)11-20-24(31)30(26(33)29-20)13-18-7-8-21(37-18)25(32)34-2/h4-12H,3,13-14H2,1-2H3,(H,29,33)/b20-11-. The van der Waals surface area contributed by atoms with Crippen molar-refractivity contribution in [1.82, 2.24) is 10.2 Å². The van der Waals surface area contributed by atoms with E-state index in [-0.39, 0.29) is 36.2 Å². The number of nitrogens with one attached hydrogen (secondary N) is 1. The van der Waals surface area contributed by atoms with Crippen LogP contribution in [0.1, 0.15) is 34.4 Å². The molecule has 1 aromatic heterocycles. The number of urea groups is 1. The number of carbonyl (C=O) groups is 3. The lowest BCUT2D eigenvalue weighted by molar-refractivity contribution is -0.123. The van der Waals surface area contributed by atoms with Crippen LogP contribution in [-0.4, -0.2) is 36.5 Å². The third kappa shape index (κ3) is 6.00. The van der Waals surface area contributed by atoms with Gasteiger partial charge >= 0.3 is 12.0 Å². The molecule has 0 bridgehead atoms. The quantitative estimate of drug-likeness (QED) is 0.217. The van der Waals surface area contributed by atoms with E-state index in [0.717, 1.165) is 4.90 Å². The Morgan fingerprint density at radius 2 is 1.97 bits per heavy atom. The van der Waals surface area contributed by atoms with E-state index in [4.69, 9.17) is 13.9 Å². The van der Waals surface area contributed by atoms with Gasteiger partial charge in [0.2, 0.25) is 5.76 Å². The maximum absolute atomic E-state index is 13.5. The second-order valence-electron chi connectivity index (χ2n) is 7.82. The number of nitrogens with zero attached hydrogens (tertiary/aromatic N) is 1. The van der Waals surface area contributed by atoms with Gasteiger partial charge in [0.1, 0.15) is 23.9 Å². The minimum Gasteiger partial charge on any atom is -0.490 e. The fraction of sp³-hybridized carbons (Fsp3) is 0.192. The van der Waals surface area contributed by atoms with Gasteiger partial charge in [-0.1, -0.05) is 12.1 Å². The maximum atomic E-state index is 13.5. The lowest BCUT2D eigenvalue weighted by atomic mass is 10.1. The highest BCUT2D eigenvalue weighted by Gasteiger charge is 2.34. The number of hydrogen-bond acceptors (Lipinski definition) is 7. The van der Waals surface area contributed by atoms with Crippen LogP contribution in [0, 0.1) is 5.82 Å². The summed E-state index contributed by atoms with van der Waals surface area (Å²) in [5.74, 6) is -0.569. The molecule has 0 spiro atoms. The molecule has 0 saturated carbocycles. The number of imide groups is 1. The van der Waals surface area contributed by atoms with Gasteiger partial charge < -0.3 is 23.9 Å². The smallest absolute Gasteiger partial charge is 0.373 e. The fourth-order valence-electron chi connectivity index (χ4n) is 3.57. The number of benzene rings is 2. The van der Waals surface area contributed by atoms with Gasteiger partial charge in [-0.05, 0) is 76.5 Å². The summed E-state index contributed by atoms with van der Waals surface area (Å²) in [6, 6.07) is 11.7. The minimum atomic E-state index is -0.664. The Hall–Kier alpha value is -4.12. The van der Waals surface area contributed by atoms with Crippen molar-refractivity contribution in [2.24, 2.45) is 0 Å². The van der Waals surface area contributed by atoms with E-state index in [1.165, 1.54) is 37.5 Å². The first-order valence-corrected chi connectivity index (χ1v) is 11.9. The van der Waals surface area contributed by atoms with Gasteiger partial charge in [0, 0.05) is 0 Å². The summed E-state index contributed by atoms with van der Waals surface area (Å²) in [5, 5.41) is 2.54. The third-order valence-electron chi connectivity index (χ3n) is 5.24. The van der Waals surface area contributed by atoms with Gasteiger partial charge in [-0.2, -0.15) is 0 Å². The highest BCUT2D eigenvalue weighted by atomic mass is 79.9. The lowest BCUT2D eigenvalue weighted by Crippen LogP contribution is -2.30. The molecule has 0 aliphatic carbocycles. The average Bonchev–Trinajstić information content (AvgIpc) is 3.44. The summed E-state index contributed by atoms with van der Waals surface area (Å²) in [4.78, 5) is 37.9. The van der Waals surface area contributed by atoms with Gasteiger partial charge in [-0.15, -0.1) is 0 Å². The molecule has 2 aromatic carbocycles. The number of halogens is 2. The second-order valence-corrected chi connectivity index (χ2v) is 8.67. The monoisotopic (exact) mass is 572 g/mol. The van der Waals surface area contributed by atoms with E-state index < -0.39 is 17.9 Å². The van der Waals surface area contributed by atoms with Crippen LogP contribution in [0.4, 0.5) is 9.18 Å². The summed E-state index contributed by atoms with van der Waals surface area (Å²) in [6.45, 7) is 2.11. The van der Waals surface area contributed by atoms with Crippen LogP contribution in [0.25, 0.3) is 6.08 Å². The Kier molecular flexibility index (Phi) is 7.92. The van der Waals surface area contributed by atoms with Gasteiger partial charge in [-0.25, -0.2) is 14.0 Å². The topological polar surface area (TPSA) is 107 Å². The first-order chi connectivity index (χ1) is 17.8. The van der Waals surface area contributed by atoms with Crippen molar-refractivity contribution in [3.63, 3.8) is 0 Å². The van der Waals surface area contributed by atoms with Crippen LogP contribution in [0.3, 0.4) is 0 Å². The van der Waals surface area contributed by atoms with Crippen molar-refractivity contribution in [3.05, 3.63) is 87.2 Å². The Labute approximate surface area is 219 Å². The largest absolute Gasteiger partial charge is 0.490 e. The molecule has 0 unspecified atom stereocenters. The van der Waals surface area contributed by atoms with Crippen molar-refractivity contribution in [3.8, 4) is 11.5 Å². The number of rotatable bonds is 9. The van der Waals surface area contributed by atoms with E-state index >= 15 is 0 Å². The lowest BCUT2D eigenvalue weighted by Gasteiger charge is -2.15. The fourth-order valence-corrected chi connectivity index (χ4v) is 4.14. The van der Waals surface area contributed by atoms with Crippen molar-refractivity contribution in [2.75, 3.05) is 13.7 Å². The zero-order valence-corrected chi connectivity index (χ0v) is 21.5. The molecule has 1 aliphatic heterocycles. The van der Waals surface area contributed by atoms with Crippen LogP contribution in [-0.2, 0) is 22.7 Å². The Bertz CT molecular complexity index is 1380.